The molecule has 0 saturated carbocycles. The van der Waals surface area contributed by atoms with Gasteiger partial charge in [-0.3, -0.25) is 0 Å². The van der Waals surface area contributed by atoms with Crippen LogP contribution >= 0.6 is 0 Å². The number of ether oxygens (including phenoxy) is 3. The first-order chi connectivity index (χ1) is 25.1. The Morgan fingerprint density at radius 3 is 1.91 bits per heavy atom. The fraction of sp³-hybridized carbons (Fsp3) is 0.347. The van der Waals surface area contributed by atoms with Crippen LogP contribution in [0.25, 0.3) is 22.1 Å². The average Bonchev–Trinajstić information content (AvgIpc) is 3.61. The van der Waals surface area contributed by atoms with Crippen LogP contribution in [-0.2, 0) is 12.0 Å². The normalized spacial score (nSPS) is 16.3. The molecule has 1 unspecified atom stereocenters. The summed E-state index contributed by atoms with van der Waals surface area (Å²) >= 11 is 0. The lowest BCUT2D eigenvalue weighted by molar-refractivity contribution is 0.0891. The van der Waals surface area contributed by atoms with Crippen LogP contribution in [0.1, 0.15) is 106 Å². The first-order valence-corrected chi connectivity index (χ1v) is 18.9. The molecule has 274 valence electrons. The highest BCUT2D eigenvalue weighted by molar-refractivity contribution is 6.01. The topological polar surface area (TPSA) is 40.8 Å². The van der Waals surface area contributed by atoms with E-state index in [0.717, 1.165) is 62.0 Å². The Morgan fingerprint density at radius 1 is 0.660 bits per heavy atom. The Balaban J connectivity index is 1.58. The van der Waals surface area contributed by atoms with Crippen LogP contribution in [0.3, 0.4) is 0 Å². The van der Waals surface area contributed by atoms with Gasteiger partial charge in [0.05, 0.1) is 12.5 Å². The number of fused-ring (bicyclic) bond motifs is 2. The Kier molecular flexibility index (Phi) is 9.04. The first kappa shape index (κ1) is 36.4. The molecular weight excluding hydrogens is 653 g/mol. The van der Waals surface area contributed by atoms with Crippen LogP contribution < -0.4 is 14.2 Å². The molecule has 1 aromatic heterocycles. The molecule has 0 aliphatic carbocycles. The predicted octanol–water partition coefficient (Wildman–Crippen LogP) is 12.8. The smallest absolute Gasteiger partial charge is 0.138 e. The lowest BCUT2D eigenvalue weighted by Crippen LogP contribution is -2.49. The standard InChI is InChI=1S/C49H54O4/c1-27(2)37-20-22-39(23-21-37)49(43-29(4)30(5)46-41(33(43)8)42(35(10)52-46)38-18-14-28(3)15-19-38)44-34(9)45(31(6)32(7)47(44)53-48(49,11)12)51-26-36-16-24-40(50-13)25-17-36/h14-25,27H,26H2,1-13H3. The Labute approximate surface area is 316 Å². The van der Waals surface area contributed by atoms with Crippen LogP contribution in [0.2, 0.25) is 0 Å². The van der Waals surface area contributed by atoms with Gasteiger partial charge in [-0.25, -0.2) is 0 Å². The summed E-state index contributed by atoms with van der Waals surface area (Å²) in [5.41, 5.74) is 16.1. The third-order valence-electron chi connectivity index (χ3n) is 12.2. The van der Waals surface area contributed by atoms with E-state index in [1.54, 1.807) is 7.11 Å². The summed E-state index contributed by atoms with van der Waals surface area (Å²) in [5.74, 6) is 4.04. The molecule has 2 heterocycles. The maximum absolute atomic E-state index is 7.33. The van der Waals surface area contributed by atoms with Crippen molar-refractivity contribution in [1.29, 1.82) is 0 Å². The molecule has 7 rings (SSSR count). The minimum Gasteiger partial charge on any atom is -0.497 e. The highest BCUT2D eigenvalue weighted by atomic mass is 16.5. The number of rotatable bonds is 8. The summed E-state index contributed by atoms with van der Waals surface area (Å²) in [6.45, 7) is 27.1. The highest BCUT2D eigenvalue weighted by Gasteiger charge is 2.60. The molecule has 1 aliphatic rings. The SMILES string of the molecule is COc1ccc(COc2c(C)c(C)c3c(c2C)C(c2ccc(C(C)C)cc2)(c2c(C)c(C)c4oc(C)c(-c5ccc(C)cc5)c4c2C)C(C)(C)O3)cc1. The largest absolute Gasteiger partial charge is 0.497 e. The predicted molar refractivity (Wildman–Crippen MR) is 218 cm³/mol. The second kappa shape index (κ2) is 13.2. The van der Waals surface area contributed by atoms with Crippen LogP contribution in [0.4, 0.5) is 0 Å². The van der Waals surface area contributed by atoms with E-state index in [9.17, 15) is 0 Å². The van der Waals surface area contributed by atoms with Crippen molar-refractivity contribution in [3.63, 3.8) is 0 Å². The molecule has 1 aliphatic heterocycles. The summed E-state index contributed by atoms with van der Waals surface area (Å²) in [7, 11) is 1.69. The molecule has 5 aromatic carbocycles. The minimum atomic E-state index is -0.693. The first-order valence-electron chi connectivity index (χ1n) is 18.9. The van der Waals surface area contributed by atoms with E-state index in [4.69, 9.17) is 18.6 Å². The van der Waals surface area contributed by atoms with Crippen molar-refractivity contribution < 1.29 is 18.6 Å². The van der Waals surface area contributed by atoms with E-state index in [1.165, 1.54) is 49.9 Å². The van der Waals surface area contributed by atoms with E-state index < -0.39 is 11.0 Å². The van der Waals surface area contributed by atoms with Crippen LogP contribution in [0.15, 0.2) is 77.2 Å². The molecule has 0 saturated heterocycles. The van der Waals surface area contributed by atoms with Crippen molar-refractivity contribution in [1.82, 2.24) is 0 Å². The fourth-order valence-corrected chi connectivity index (χ4v) is 9.14. The molecule has 0 bridgehead atoms. The number of methoxy groups -OCH3 is 1. The number of furan rings is 1. The Hall–Kier alpha value is -4.96. The molecule has 4 heteroatoms. The zero-order valence-electron chi connectivity index (χ0n) is 33.8. The molecule has 1 atom stereocenters. The molecule has 0 radical (unpaired) electrons. The zero-order valence-corrected chi connectivity index (χ0v) is 33.8. The van der Waals surface area contributed by atoms with E-state index >= 15 is 0 Å². The maximum Gasteiger partial charge on any atom is 0.138 e. The fourth-order valence-electron chi connectivity index (χ4n) is 9.14. The summed E-state index contributed by atoms with van der Waals surface area (Å²) in [6.07, 6.45) is 0. The third-order valence-corrected chi connectivity index (χ3v) is 12.2. The molecule has 4 nitrogen and oxygen atoms in total. The van der Waals surface area contributed by atoms with Crippen LogP contribution in [0, 0.1) is 55.4 Å². The van der Waals surface area contributed by atoms with Crippen molar-refractivity contribution in [2.24, 2.45) is 0 Å². The summed E-state index contributed by atoms with van der Waals surface area (Å²) < 4.78 is 26.3. The molecule has 6 aromatic rings. The van der Waals surface area contributed by atoms with Gasteiger partial charge in [0.1, 0.15) is 40.8 Å². The van der Waals surface area contributed by atoms with Gasteiger partial charge < -0.3 is 18.6 Å². The van der Waals surface area contributed by atoms with Gasteiger partial charge in [-0.15, -0.1) is 0 Å². The third kappa shape index (κ3) is 5.47. The Morgan fingerprint density at radius 2 is 1.30 bits per heavy atom. The minimum absolute atomic E-state index is 0.415. The number of hydrogen-bond donors (Lipinski definition) is 0. The van der Waals surface area contributed by atoms with Gasteiger partial charge in [-0.1, -0.05) is 80.1 Å². The van der Waals surface area contributed by atoms with Crippen molar-refractivity contribution in [2.75, 3.05) is 7.11 Å². The van der Waals surface area contributed by atoms with Gasteiger partial charge in [0, 0.05) is 16.5 Å². The lowest BCUT2D eigenvalue weighted by Gasteiger charge is -2.44. The molecule has 0 spiro atoms. The van der Waals surface area contributed by atoms with Crippen molar-refractivity contribution in [3.8, 4) is 28.4 Å². The number of aryl methyl sites for hydroxylation is 4. The van der Waals surface area contributed by atoms with Crippen molar-refractivity contribution in [2.45, 2.75) is 107 Å². The van der Waals surface area contributed by atoms with Crippen LogP contribution in [-0.4, -0.2) is 12.7 Å². The van der Waals surface area contributed by atoms with Gasteiger partial charge in [0.25, 0.3) is 0 Å². The second-order valence-electron chi connectivity index (χ2n) is 16.0. The van der Waals surface area contributed by atoms with Crippen molar-refractivity contribution >= 4 is 11.0 Å². The molecule has 0 N–H and O–H groups in total. The van der Waals surface area contributed by atoms with Gasteiger partial charge in [-0.2, -0.15) is 0 Å². The average molecular weight is 707 g/mol. The van der Waals surface area contributed by atoms with Gasteiger partial charge >= 0.3 is 0 Å². The summed E-state index contributed by atoms with van der Waals surface area (Å²) in [4.78, 5) is 0. The van der Waals surface area contributed by atoms with Gasteiger partial charge in [0.15, 0.2) is 0 Å². The molecular formula is C49H54O4. The monoisotopic (exact) mass is 706 g/mol. The van der Waals surface area contributed by atoms with Gasteiger partial charge in [-0.05, 0) is 148 Å². The number of hydrogen-bond acceptors (Lipinski definition) is 4. The molecule has 0 amide bonds. The van der Waals surface area contributed by atoms with E-state index in [0.29, 0.717) is 12.5 Å². The quantitative estimate of drug-likeness (QED) is 0.158. The maximum atomic E-state index is 7.33. The van der Waals surface area contributed by atoms with Crippen LogP contribution in [0.5, 0.6) is 17.2 Å². The number of benzene rings is 5. The summed E-state index contributed by atoms with van der Waals surface area (Å²) in [5, 5.41) is 1.17. The van der Waals surface area contributed by atoms with E-state index in [1.807, 2.05) is 12.1 Å². The Bertz CT molecular complexity index is 2350. The summed E-state index contributed by atoms with van der Waals surface area (Å²) in [6, 6.07) is 26.3. The van der Waals surface area contributed by atoms with E-state index in [2.05, 4.69) is 144 Å². The molecule has 53 heavy (non-hydrogen) atoms. The lowest BCUT2D eigenvalue weighted by atomic mass is 9.58. The van der Waals surface area contributed by atoms with E-state index in [-0.39, 0.29) is 0 Å². The van der Waals surface area contributed by atoms with Gasteiger partial charge in [0.2, 0.25) is 0 Å². The highest BCUT2D eigenvalue weighted by Crippen LogP contribution is 2.63. The zero-order chi connectivity index (χ0) is 38.1. The van der Waals surface area contributed by atoms with Crippen molar-refractivity contribution in [3.05, 3.63) is 145 Å². The second-order valence-corrected chi connectivity index (χ2v) is 16.0. The molecule has 0 fully saturated rings.